The maximum Gasteiger partial charge on any atom is 0.329 e. The van der Waals surface area contributed by atoms with Crippen LogP contribution < -0.4 is 0 Å². The number of aliphatic hydroxyl groups excluding tert-OH is 2. The predicted octanol–water partition coefficient (Wildman–Crippen LogP) is 4.98. The molecule has 1 unspecified atom stereocenters. The fraction of sp³-hybridized carbons (Fsp3) is 0.750. The first-order valence-electron chi connectivity index (χ1n) is 26.9. The minimum atomic E-state index is -2.45. The van der Waals surface area contributed by atoms with E-state index in [-0.39, 0.29) is 43.4 Å². The number of aliphatic hydroxyl groups is 2. The first-order chi connectivity index (χ1) is 36.5. The number of ketones is 2. The third-order valence-electron chi connectivity index (χ3n) is 15.1. The van der Waals surface area contributed by atoms with Gasteiger partial charge in [0, 0.05) is 65.9 Å². The molecular formula is C56H85NO20. The zero-order valence-electron chi connectivity index (χ0n) is 46.7. The van der Waals surface area contributed by atoms with Crippen molar-refractivity contribution in [3.63, 3.8) is 0 Å². The topological polar surface area (TPSA) is 273 Å². The van der Waals surface area contributed by atoms with E-state index in [0.717, 1.165) is 24.3 Å². The zero-order chi connectivity index (χ0) is 57.1. The Morgan fingerprint density at radius 2 is 1.45 bits per heavy atom. The molecule has 3 fully saturated rings. The molecule has 4 aliphatic rings. The number of hydrogen-bond acceptors (Lipinski definition) is 20. The number of allylic oxidation sites excluding steroid dienone is 4. The average molecular weight is 1090 g/mol. The lowest BCUT2D eigenvalue weighted by atomic mass is 9.81. The van der Waals surface area contributed by atoms with E-state index < -0.39 is 153 Å². The first-order valence-corrected chi connectivity index (χ1v) is 26.9. The normalized spacial score (nSPS) is 33.1. The largest absolute Gasteiger partial charge is 0.462 e. The minimum absolute atomic E-state index is 0.0309. The number of esters is 5. The Kier molecular flexibility index (Phi) is 26.0. The zero-order valence-corrected chi connectivity index (χ0v) is 46.7. The third kappa shape index (κ3) is 18.6. The maximum absolute atomic E-state index is 15.3. The molecular weight excluding hydrogens is 1010 g/mol. The summed E-state index contributed by atoms with van der Waals surface area (Å²) in [4.78, 5) is 109. The molecule has 21 nitrogen and oxygen atoms in total. The van der Waals surface area contributed by atoms with Crippen LogP contribution in [0, 0.1) is 29.6 Å². The monoisotopic (exact) mass is 1090 g/mol. The Hall–Kier alpha value is -4.90. The van der Waals surface area contributed by atoms with Crippen molar-refractivity contribution in [3.05, 3.63) is 36.0 Å². The number of Topliss-reactive ketones (excluding diaryl/α,β-unsaturated/α-hetero) is 2. The van der Waals surface area contributed by atoms with Gasteiger partial charge in [0.2, 0.25) is 5.79 Å². The van der Waals surface area contributed by atoms with E-state index in [1.54, 1.807) is 26.8 Å². The molecule has 0 aromatic heterocycles. The molecule has 1 amide bonds. The van der Waals surface area contributed by atoms with Crippen LogP contribution in [0.25, 0.3) is 0 Å². The molecule has 14 atom stereocenters. The molecule has 2 N–H and O–H groups in total. The second-order valence-electron chi connectivity index (χ2n) is 21.2. The van der Waals surface area contributed by atoms with E-state index in [9.17, 15) is 39.0 Å². The number of hydrogen-bond donors (Lipinski definition) is 2. The molecule has 77 heavy (non-hydrogen) atoms. The van der Waals surface area contributed by atoms with Gasteiger partial charge in [-0.25, -0.2) is 4.79 Å². The van der Waals surface area contributed by atoms with E-state index in [2.05, 4.69) is 6.58 Å². The highest BCUT2D eigenvalue weighted by molar-refractivity contribution is 6.39. The van der Waals surface area contributed by atoms with Gasteiger partial charge in [-0.3, -0.25) is 33.6 Å². The van der Waals surface area contributed by atoms with Crippen LogP contribution in [0.3, 0.4) is 0 Å². The lowest BCUT2D eigenvalue weighted by molar-refractivity contribution is -0.332. The Morgan fingerprint density at radius 3 is 2.08 bits per heavy atom. The molecule has 3 heterocycles. The van der Waals surface area contributed by atoms with Crippen molar-refractivity contribution < 1.29 is 95.9 Å². The van der Waals surface area contributed by atoms with E-state index in [1.165, 1.54) is 21.3 Å². The van der Waals surface area contributed by atoms with E-state index in [4.69, 9.17) is 47.4 Å². The predicted molar refractivity (Wildman–Crippen MR) is 275 cm³/mol. The number of piperidine rings is 1. The Bertz CT molecular complexity index is 2090. The summed E-state index contributed by atoms with van der Waals surface area (Å²) in [6.45, 7) is 13.4. The van der Waals surface area contributed by atoms with Gasteiger partial charge >= 0.3 is 29.8 Å². The number of cyclic esters (lactones) is 1. The first kappa shape index (κ1) is 64.6. The number of nitrogens with zero attached hydrogens (tertiary/aromatic N) is 1. The van der Waals surface area contributed by atoms with Crippen LogP contribution >= 0.6 is 0 Å². The van der Waals surface area contributed by atoms with Crippen LogP contribution in [0.2, 0.25) is 0 Å². The fourth-order valence-electron chi connectivity index (χ4n) is 10.9. The SMILES string of the molecule is C=CC[C@@H]1/C=C(\C)C[C@H](C)C[C@H](OC)[C@H]2O[C@@](OCOC(=O)CCC(=O)OC(COC(C)=O)COC(C)=O)(C(=O)C(=O)N3CCCC[C@H]3C(=O)O[C@H](/C(C)=C/C3CC[C@@H](O)[C@H](OC)C3)[C@H](C)[C@@H](O)CC1=O)[C@H](C)C[C@@H]2OC. The number of ether oxygens (including phenoxy) is 10. The Morgan fingerprint density at radius 1 is 0.818 bits per heavy atom. The summed E-state index contributed by atoms with van der Waals surface area (Å²) in [5.74, 6) is -11.7. The van der Waals surface area contributed by atoms with Gasteiger partial charge in [-0.2, -0.15) is 0 Å². The minimum Gasteiger partial charge on any atom is -0.462 e. The van der Waals surface area contributed by atoms with Gasteiger partial charge in [0.25, 0.3) is 11.7 Å². The number of rotatable bonds is 18. The summed E-state index contributed by atoms with van der Waals surface area (Å²) in [5.41, 5.74) is 1.47. The van der Waals surface area contributed by atoms with Gasteiger partial charge < -0.3 is 62.5 Å². The van der Waals surface area contributed by atoms with Crippen molar-refractivity contribution >= 4 is 47.3 Å². The number of carbonyl (C=O) groups is 8. The maximum atomic E-state index is 15.3. The quantitative estimate of drug-likeness (QED) is 0.0602. The standard InChI is InChI=1S/C56H85NO20/c1-12-15-40-23-32(2)22-33(3)24-47(69-10)52-48(70-11)26-35(5)56(77-52,74-31-73-49(63)19-20-50(64)75-41(29-71-37(7)58)30-72-38(8)59)53(65)54(66)57-21-14-13-16-42(57)55(67)76-51(36(6)44(61)28-45(40)62)34(4)25-39-17-18-43(60)46(27-39)68-9/h12,23,25,33,35-36,39-44,46-48,51-52,60-61H,1,13-22,24,26-31H2,2-11H3/b32-23+,34-25+/t33-,35+,36+,39?,40+,42-,43+,44-,46+,47-,48-,51+,52+,56+/m0/s1. The Balaban J connectivity index is 1.75. The third-order valence-corrected chi connectivity index (χ3v) is 15.1. The van der Waals surface area contributed by atoms with E-state index in [0.29, 0.717) is 56.9 Å². The summed E-state index contributed by atoms with van der Waals surface area (Å²) in [5, 5.41) is 22.4. The van der Waals surface area contributed by atoms with Crippen LogP contribution in [0.1, 0.15) is 132 Å². The summed E-state index contributed by atoms with van der Waals surface area (Å²) in [6.07, 6.45) is 0.879. The van der Waals surface area contributed by atoms with Crippen LogP contribution in [0.15, 0.2) is 36.0 Å². The highest BCUT2D eigenvalue weighted by Crippen LogP contribution is 2.42. The van der Waals surface area contributed by atoms with Crippen LogP contribution in [0.5, 0.6) is 0 Å². The molecule has 2 saturated heterocycles. The van der Waals surface area contributed by atoms with Crippen molar-refractivity contribution in [1.82, 2.24) is 4.90 Å². The number of carbonyl (C=O) groups excluding carboxylic acids is 8. The number of methoxy groups -OCH3 is 3. The van der Waals surface area contributed by atoms with Gasteiger partial charge in [-0.1, -0.05) is 44.6 Å². The van der Waals surface area contributed by atoms with E-state index >= 15 is 9.59 Å². The summed E-state index contributed by atoms with van der Waals surface area (Å²) >= 11 is 0. The molecule has 0 spiro atoms. The van der Waals surface area contributed by atoms with Crippen molar-refractivity contribution in [2.24, 2.45) is 29.6 Å². The molecule has 434 valence electrons. The van der Waals surface area contributed by atoms with Gasteiger partial charge in [0.1, 0.15) is 37.2 Å². The molecule has 2 bridgehead atoms. The number of fused-ring (bicyclic) bond motifs is 3. The smallest absolute Gasteiger partial charge is 0.329 e. The van der Waals surface area contributed by atoms with Gasteiger partial charge in [-0.15, -0.1) is 6.58 Å². The lowest BCUT2D eigenvalue weighted by Crippen LogP contribution is -2.65. The summed E-state index contributed by atoms with van der Waals surface area (Å²) in [6, 6.07) is -1.28. The highest BCUT2D eigenvalue weighted by Gasteiger charge is 2.59. The molecule has 0 aromatic rings. The van der Waals surface area contributed by atoms with Gasteiger partial charge in [-0.05, 0) is 95.5 Å². The van der Waals surface area contributed by atoms with E-state index in [1.807, 2.05) is 26.0 Å². The molecule has 0 aromatic carbocycles. The van der Waals surface area contributed by atoms with Crippen molar-refractivity contribution in [2.75, 3.05) is 47.9 Å². The van der Waals surface area contributed by atoms with Crippen LogP contribution in [-0.4, -0.2) is 171 Å². The van der Waals surface area contributed by atoms with Gasteiger partial charge in [0.15, 0.2) is 12.9 Å². The van der Waals surface area contributed by atoms with Crippen molar-refractivity contribution in [1.29, 1.82) is 0 Å². The summed E-state index contributed by atoms with van der Waals surface area (Å²) in [7, 11) is 4.48. The lowest BCUT2D eigenvalue weighted by Gasteiger charge is -2.48. The fourth-order valence-corrected chi connectivity index (χ4v) is 10.9. The molecule has 3 aliphatic heterocycles. The Labute approximate surface area is 452 Å². The van der Waals surface area contributed by atoms with Crippen molar-refractivity contribution in [3.8, 4) is 0 Å². The van der Waals surface area contributed by atoms with Crippen LogP contribution in [0.4, 0.5) is 0 Å². The second-order valence-corrected chi connectivity index (χ2v) is 21.2. The molecule has 0 radical (unpaired) electrons. The van der Waals surface area contributed by atoms with Gasteiger partial charge in [0.05, 0.1) is 43.4 Å². The summed E-state index contributed by atoms with van der Waals surface area (Å²) < 4.78 is 57.4. The van der Waals surface area contributed by atoms with Crippen LogP contribution in [-0.2, 0) is 85.7 Å². The second kappa shape index (κ2) is 31.0. The average Bonchev–Trinajstić information content (AvgIpc) is 3.39. The molecule has 1 aliphatic carbocycles. The number of amides is 1. The highest BCUT2D eigenvalue weighted by atomic mass is 16.8. The molecule has 4 rings (SSSR count). The molecule has 1 saturated carbocycles. The van der Waals surface area contributed by atoms with Crippen molar-refractivity contribution in [2.45, 2.75) is 193 Å². The molecule has 21 heteroatoms.